The van der Waals surface area contributed by atoms with E-state index in [0.717, 1.165) is 0 Å². The number of rotatable bonds is 6. The first-order chi connectivity index (χ1) is 11.1. The standard InChI is InChI=1S/C15H21N3O4S/c19-13(12-2-1-9-23-12)16-7-8-17-15(22)18-11-5-3-10(4-6-11)14(20)21/h1-2,9-11H,3-8H2,(H,16,19)(H,20,21)(H2,17,18,22). The molecule has 0 radical (unpaired) electrons. The van der Waals surface area contributed by atoms with E-state index in [2.05, 4.69) is 16.0 Å². The highest BCUT2D eigenvalue weighted by atomic mass is 32.1. The van der Waals surface area contributed by atoms with E-state index in [1.54, 1.807) is 6.07 Å². The second-order valence-electron chi connectivity index (χ2n) is 5.52. The maximum absolute atomic E-state index is 11.8. The fraction of sp³-hybridized carbons (Fsp3) is 0.533. The molecule has 4 N–H and O–H groups in total. The number of hydrogen-bond donors (Lipinski definition) is 4. The van der Waals surface area contributed by atoms with E-state index < -0.39 is 5.97 Å². The summed E-state index contributed by atoms with van der Waals surface area (Å²) in [6.07, 6.45) is 2.55. The molecule has 0 spiro atoms. The van der Waals surface area contributed by atoms with Gasteiger partial charge >= 0.3 is 12.0 Å². The summed E-state index contributed by atoms with van der Waals surface area (Å²) in [5.41, 5.74) is 0. The summed E-state index contributed by atoms with van der Waals surface area (Å²) in [6, 6.07) is 3.29. The number of amides is 3. The van der Waals surface area contributed by atoms with Gasteiger partial charge in [-0.05, 0) is 37.1 Å². The lowest BCUT2D eigenvalue weighted by atomic mass is 9.86. The maximum atomic E-state index is 11.8. The van der Waals surface area contributed by atoms with Gasteiger partial charge in [-0.15, -0.1) is 11.3 Å². The van der Waals surface area contributed by atoms with E-state index >= 15 is 0 Å². The van der Waals surface area contributed by atoms with Crippen LogP contribution in [0.25, 0.3) is 0 Å². The van der Waals surface area contributed by atoms with Crippen LogP contribution in [0, 0.1) is 5.92 Å². The van der Waals surface area contributed by atoms with Crippen molar-refractivity contribution in [1.29, 1.82) is 0 Å². The van der Waals surface area contributed by atoms with Gasteiger partial charge in [0.25, 0.3) is 5.91 Å². The zero-order chi connectivity index (χ0) is 16.7. The Hall–Kier alpha value is -2.09. The molecule has 23 heavy (non-hydrogen) atoms. The number of thiophene rings is 1. The van der Waals surface area contributed by atoms with Gasteiger partial charge in [-0.25, -0.2) is 4.79 Å². The molecule has 8 heteroatoms. The number of carbonyl (C=O) groups excluding carboxylic acids is 2. The summed E-state index contributed by atoms with van der Waals surface area (Å²) in [6.45, 7) is 0.698. The van der Waals surface area contributed by atoms with Crippen molar-refractivity contribution >= 4 is 29.2 Å². The lowest BCUT2D eigenvalue weighted by Crippen LogP contribution is -2.46. The third kappa shape index (κ3) is 5.55. The Bertz CT molecular complexity index is 539. The number of urea groups is 1. The van der Waals surface area contributed by atoms with Gasteiger partial charge in [0.1, 0.15) is 0 Å². The molecule has 0 aliphatic heterocycles. The first-order valence-electron chi connectivity index (χ1n) is 7.65. The monoisotopic (exact) mass is 339 g/mol. The molecule has 0 aromatic carbocycles. The van der Waals surface area contributed by atoms with Crippen LogP contribution < -0.4 is 16.0 Å². The minimum absolute atomic E-state index is 0.0197. The molecule has 1 aliphatic carbocycles. The predicted molar refractivity (Wildman–Crippen MR) is 86.6 cm³/mol. The molecule has 0 saturated heterocycles. The van der Waals surface area contributed by atoms with E-state index in [1.807, 2.05) is 11.4 Å². The zero-order valence-electron chi connectivity index (χ0n) is 12.7. The number of hydrogen-bond acceptors (Lipinski definition) is 4. The topological polar surface area (TPSA) is 108 Å². The van der Waals surface area contributed by atoms with Gasteiger partial charge in [-0.3, -0.25) is 9.59 Å². The molecule has 0 atom stereocenters. The van der Waals surface area contributed by atoms with E-state index in [0.29, 0.717) is 43.6 Å². The van der Waals surface area contributed by atoms with Crippen molar-refractivity contribution in [1.82, 2.24) is 16.0 Å². The molecular formula is C15H21N3O4S. The molecule has 2 rings (SSSR count). The van der Waals surface area contributed by atoms with Crippen molar-refractivity contribution < 1.29 is 19.5 Å². The largest absolute Gasteiger partial charge is 0.481 e. The smallest absolute Gasteiger partial charge is 0.315 e. The first-order valence-corrected chi connectivity index (χ1v) is 8.53. The highest BCUT2D eigenvalue weighted by molar-refractivity contribution is 7.12. The number of aliphatic carboxylic acids is 1. The number of carboxylic acid groups (broad SMARTS) is 1. The molecule has 1 saturated carbocycles. The van der Waals surface area contributed by atoms with Gasteiger partial charge in [-0.1, -0.05) is 6.07 Å². The Morgan fingerprint density at radius 3 is 2.43 bits per heavy atom. The average molecular weight is 339 g/mol. The predicted octanol–water partition coefficient (Wildman–Crippen LogP) is 1.42. The maximum Gasteiger partial charge on any atom is 0.315 e. The van der Waals surface area contributed by atoms with Crippen LogP contribution in [0.4, 0.5) is 4.79 Å². The van der Waals surface area contributed by atoms with Crippen molar-refractivity contribution in [2.45, 2.75) is 31.7 Å². The lowest BCUT2D eigenvalue weighted by molar-refractivity contribution is -0.142. The molecule has 0 unspecified atom stereocenters. The molecule has 0 bridgehead atoms. The molecule has 7 nitrogen and oxygen atoms in total. The van der Waals surface area contributed by atoms with Crippen molar-refractivity contribution in [2.75, 3.05) is 13.1 Å². The number of carbonyl (C=O) groups is 3. The summed E-state index contributed by atoms with van der Waals surface area (Å²) in [5.74, 6) is -1.19. The number of nitrogens with one attached hydrogen (secondary N) is 3. The minimum atomic E-state index is -0.755. The van der Waals surface area contributed by atoms with Gasteiger partial charge < -0.3 is 21.1 Å². The lowest BCUT2D eigenvalue weighted by Gasteiger charge is -2.26. The Kier molecular flexibility index (Phi) is 6.40. The third-order valence-corrected chi connectivity index (χ3v) is 4.72. The van der Waals surface area contributed by atoms with Crippen LogP contribution in [0.15, 0.2) is 17.5 Å². The molecule has 1 fully saturated rings. The van der Waals surface area contributed by atoms with Gasteiger partial charge in [-0.2, -0.15) is 0 Å². The Balaban J connectivity index is 1.57. The molecular weight excluding hydrogens is 318 g/mol. The van der Waals surface area contributed by atoms with Crippen LogP contribution in [0.3, 0.4) is 0 Å². The summed E-state index contributed by atoms with van der Waals surface area (Å²) in [7, 11) is 0. The van der Waals surface area contributed by atoms with Crippen LogP contribution in [0.1, 0.15) is 35.4 Å². The van der Waals surface area contributed by atoms with Gasteiger partial charge in [0.2, 0.25) is 0 Å². The summed E-state index contributed by atoms with van der Waals surface area (Å²) >= 11 is 1.37. The molecule has 3 amide bonds. The molecule has 1 aromatic heterocycles. The van der Waals surface area contributed by atoms with Crippen molar-refractivity contribution in [3.05, 3.63) is 22.4 Å². The molecule has 126 valence electrons. The second-order valence-corrected chi connectivity index (χ2v) is 6.47. The normalized spacial score (nSPS) is 20.5. The highest BCUT2D eigenvalue weighted by Crippen LogP contribution is 2.24. The van der Waals surface area contributed by atoms with Crippen LogP contribution >= 0.6 is 11.3 Å². The van der Waals surface area contributed by atoms with Crippen LogP contribution in [-0.2, 0) is 4.79 Å². The Morgan fingerprint density at radius 1 is 1.13 bits per heavy atom. The first kappa shape index (κ1) is 17.3. The Morgan fingerprint density at radius 2 is 1.83 bits per heavy atom. The molecule has 1 aliphatic rings. The van der Waals surface area contributed by atoms with Crippen LogP contribution in [-0.4, -0.2) is 42.1 Å². The van der Waals surface area contributed by atoms with E-state index in [4.69, 9.17) is 5.11 Å². The third-order valence-electron chi connectivity index (χ3n) is 3.85. The summed E-state index contributed by atoms with van der Waals surface area (Å²) in [4.78, 5) is 34.9. The minimum Gasteiger partial charge on any atom is -0.481 e. The van der Waals surface area contributed by atoms with Gasteiger partial charge in [0, 0.05) is 19.1 Å². The quantitative estimate of drug-likeness (QED) is 0.588. The molecule has 1 aromatic rings. The van der Waals surface area contributed by atoms with Crippen molar-refractivity contribution in [2.24, 2.45) is 5.92 Å². The van der Waals surface area contributed by atoms with E-state index in [1.165, 1.54) is 11.3 Å². The SMILES string of the molecule is O=C(NCCNC(=O)c1cccs1)NC1CCC(C(=O)O)CC1. The van der Waals surface area contributed by atoms with Gasteiger partial charge in [0.15, 0.2) is 0 Å². The average Bonchev–Trinajstić information content (AvgIpc) is 3.06. The molecule has 1 heterocycles. The van der Waals surface area contributed by atoms with Gasteiger partial charge in [0.05, 0.1) is 10.8 Å². The van der Waals surface area contributed by atoms with Crippen molar-refractivity contribution in [3.8, 4) is 0 Å². The summed E-state index contributed by atoms with van der Waals surface area (Å²) in [5, 5.41) is 19.0. The highest BCUT2D eigenvalue weighted by Gasteiger charge is 2.26. The Labute approximate surface area is 138 Å². The van der Waals surface area contributed by atoms with Crippen molar-refractivity contribution in [3.63, 3.8) is 0 Å². The fourth-order valence-corrected chi connectivity index (χ4v) is 3.21. The van der Waals surface area contributed by atoms with E-state index in [9.17, 15) is 14.4 Å². The van der Waals surface area contributed by atoms with E-state index in [-0.39, 0.29) is 23.9 Å². The number of carboxylic acids is 1. The zero-order valence-corrected chi connectivity index (χ0v) is 13.5. The fourth-order valence-electron chi connectivity index (χ4n) is 2.57. The summed E-state index contributed by atoms with van der Waals surface area (Å²) < 4.78 is 0. The van der Waals surface area contributed by atoms with Crippen LogP contribution in [0.5, 0.6) is 0 Å². The van der Waals surface area contributed by atoms with Crippen LogP contribution in [0.2, 0.25) is 0 Å². The second kappa shape index (κ2) is 8.52.